The van der Waals surface area contributed by atoms with E-state index in [2.05, 4.69) is 5.32 Å². The minimum Gasteiger partial charge on any atom is -0.481 e. The zero-order valence-electron chi connectivity index (χ0n) is 10.4. The largest absolute Gasteiger partial charge is 0.481 e. The summed E-state index contributed by atoms with van der Waals surface area (Å²) in [4.78, 5) is 22.2. The van der Waals surface area contributed by atoms with Crippen LogP contribution in [0.25, 0.3) is 0 Å². The SMILES string of the molecule is CCC(CC(=O)O)NC(=O)[C@@H](N)C(C)(C)C. The highest BCUT2D eigenvalue weighted by Gasteiger charge is 2.28. The van der Waals surface area contributed by atoms with Crippen molar-refractivity contribution in [3.63, 3.8) is 0 Å². The summed E-state index contributed by atoms with van der Waals surface area (Å²) < 4.78 is 0. The van der Waals surface area contributed by atoms with Gasteiger partial charge in [-0.25, -0.2) is 0 Å². The van der Waals surface area contributed by atoms with Crippen molar-refractivity contribution in [1.29, 1.82) is 0 Å². The van der Waals surface area contributed by atoms with Crippen molar-refractivity contribution in [2.75, 3.05) is 0 Å². The van der Waals surface area contributed by atoms with E-state index in [0.29, 0.717) is 6.42 Å². The average Bonchev–Trinajstić information content (AvgIpc) is 2.13. The van der Waals surface area contributed by atoms with Gasteiger partial charge in [0, 0.05) is 6.04 Å². The van der Waals surface area contributed by atoms with E-state index in [0.717, 1.165) is 0 Å². The molecule has 1 unspecified atom stereocenters. The lowest BCUT2D eigenvalue weighted by molar-refractivity contribution is -0.137. The first-order chi connectivity index (χ1) is 7.18. The zero-order chi connectivity index (χ0) is 12.9. The molecule has 0 fully saturated rings. The van der Waals surface area contributed by atoms with Gasteiger partial charge < -0.3 is 16.2 Å². The number of rotatable bonds is 5. The lowest BCUT2D eigenvalue weighted by Gasteiger charge is -2.27. The summed E-state index contributed by atoms with van der Waals surface area (Å²) >= 11 is 0. The van der Waals surface area contributed by atoms with Crippen LogP contribution in [0.2, 0.25) is 0 Å². The molecule has 2 atom stereocenters. The van der Waals surface area contributed by atoms with Crippen LogP contribution in [-0.4, -0.2) is 29.1 Å². The van der Waals surface area contributed by atoms with Gasteiger partial charge in [-0.1, -0.05) is 27.7 Å². The van der Waals surface area contributed by atoms with Crippen molar-refractivity contribution < 1.29 is 14.7 Å². The van der Waals surface area contributed by atoms with Crippen LogP contribution in [0.4, 0.5) is 0 Å². The first kappa shape index (κ1) is 14.9. The van der Waals surface area contributed by atoms with Gasteiger partial charge in [-0.15, -0.1) is 0 Å². The Morgan fingerprint density at radius 3 is 2.19 bits per heavy atom. The van der Waals surface area contributed by atoms with Gasteiger partial charge in [-0.05, 0) is 11.8 Å². The fourth-order valence-corrected chi connectivity index (χ4v) is 1.19. The van der Waals surface area contributed by atoms with Crippen LogP contribution in [0, 0.1) is 5.41 Å². The summed E-state index contributed by atoms with van der Waals surface area (Å²) in [5.41, 5.74) is 5.44. The molecule has 0 aromatic heterocycles. The molecule has 4 N–H and O–H groups in total. The second kappa shape index (κ2) is 5.84. The Hall–Kier alpha value is -1.10. The average molecular weight is 230 g/mol. The monoisotopic (exact) mass is 230 g/mol. The lowest BCUT2D eigenvalue weighted by Crippen LogP contribution is -2.51. The summed E-state index contributed by atoms with van der Waals surface area (Å²) in [6.45, 7) is 7.44. The van der Waals surface area contributed by atoms with Crippen LogP contribution < -0.4 is 11.1 Å². The standard InChI is InChI=1S/C11H22N2O3/c1-5-7(6-8(14)15)13-10(16)9(12)11(2,3)4/h7,9H,5-6,12H2,1-4H3,(H,13,16)(H,14,15)/t7?,9-/m1/s1. The quantitative estimate of drug-likeness (QED) is 0.649. The lowest BCUT2D eigenvalue weighted by atomic mass is 9.86. The topological polar surface area (TPSA) is 92.4 Å². The second-order valence-corrected chi connectivity index (χ2v) is 5.06. The first-order valence-electron chi connectivity index (χ1n) is 5.46. The molecule has 5 heteroatoms. The highest BCUT2D eigenvalue weighted by molar-refractivity contribution is 5.83. The molecular weight excluding hydrogens is 208 g/mol. The molecule has 5 nitrogen and oxygen atoms in total. The van der Waals surface area contributed by atoms with Crippen LogP contribution in [-0.2, 0) is 9.59 Å². The van der Waals surface area contributed by atoms with Crippen LogP contribution in [0.15, 0.2) is 0 Å². The number of carbonyl (C=O) groups is 2. The number of aliphatic carboxylic acids is 1. The van der Waals surface area contributed by atoms with Crippen molar-refractivity contribution in [3.05, 3.63) is 0 Å². The third-order valence-electron chi connectivity index (χ3n) is 2.48. The Kier molecular flexibility index (Phi) is 5.44. The first-order valence-corrected chi connectivity index (χ1v) is 5.46. The van der Waals surface area contributed by atoms with Gasteiger partial charge in [-0.2, -0.15) is 0 Å². The molecule has 0 aliphatic carbocycles. The summed E-state index contributed by atoms with van der Waals surface area (Å²) in [6.07, 6.45) is 0.508. The predicted octanol–water partition coefficient (Wildman–Crippen LogP) is 0.729. The smallest absolute Gasteiger partial charge is 0.305 e. The van der Waals surface area contributed by atoms with Crippen LogP contribution in [0.3, 0.4) is 0 Å². The normalized spacial score (nSPS) is 15.3. The Balaban J connectivity index is 4.36. The highest BCUT2D eigenvalue weighted by atomic mass is 16.4. The number of carboxylic acid groups (broad SMARTS) is 1. The maximum Gasteiger partial charge on any atom is 0.305 e. The molecule has 0 heterocycles. The molecule has 0 aliphatic rings. The second-order valence-electron chi connectivity index (χ2n) is 5.06. The van der Waals surface area contributed by atoms with Gasteiger partial charge in [0.05, 0.1) is 12.5 Å². The molecule has 94 valence electrons. The minimum absolute atomic E-state index is 0.0703. The molecule has 0 saturated heterocycles. The van der Waals surface area contributed by atoms with Gasteiger partial charge in [0.2, 0.25) is 5.91 Å². The summed E-state index contributed by atoms with van der Waals surface area (Å²) in [5.74, 6) is -1.21. The van der Waals surface area contributed by atoms with E-state index in [1.807, 2.05) is 27.7 Å². The molecule has 0 aromatic carbocycles. The Morgan fingerprint density at radius 2 is 1.88 bits per heavy atom. The fraction of sp³-hybridized carbons (Fsp3) is 0.818. The van der Waals surface area contributed by atoms with Crippen molar-refractivity contribution in [2.45, 2.75) is 52.6 Å². The zero-order valence-corrected chi connectivity index (χ0v) is 10.4. The van der Waals surface area contributed by atoms with Gasteiger partial charge in [0.15, 0.2) is 0 Å². The van der Waals surface area contributed by atoms with Crippen LogP contribution >= 0.6 is 0 Å². The molecular formula is C11H22N2O3. The molecule has 1 amide bonds. The van der Waals surface area contributed by atoms with E-state index in [4.69, 9.17) is 10.8 Å². The number of carboxylic acids is 1. The molecule has 0 spiro atoms. The third kappa shape index (κ3) is 5.11. The van der Waals surface area contributed by atoms with Crippen LogP contribution in [0.1, 0.15) is 40.5 Å². The number of hydrogen-bond donors (Lipinski definition) is 3. The number of hydrogen-bond acceptors (Lipinski definition) is 3. The van der Waals surface area contributed by atoms with Gasteiger partial charge in [-0.3, -0.25) is 9.59 Å². The Bertz CT molecular complexity index is 258. The molecule has 16 heavy (non-hydrogen) atoms. The van der Waals surface area contributed by atoms with E-state index in [-0.39, 0.29) is 23.8 Å². The van der Waals surface area contributed by atoms with Gasteiger partial charge >= 0.3 is 5.97 Å². The molecule has 0 aliphatic heterocycles. The Labute approximate surface area is 96.4 Å². The van der Waals surface area contributed by atoms with E-state index in [1.165, 1.54) is 0 Å². The Morgan fingerprint density at radius 1 is 1.38 bits per heavy atom. The maximum atomic E-state index is 11.7. The third-order valence-corrected chi connectivity index (χ3v) is 2.48. The van der Waals surface area contributed by atoms with Crippen molar-refractivity contribution in [2.24, 2.45) is 11.1 Å². The van der Waals surface area contributed by atoms with Crippen molar-refractivity contribution in [1.82, 2.24) is 5.32 Å². The van der Waals surface area contributed by atoms with E-state index >= 15 is 0 Å². The number of amides is 1. The number of nitrogens with one attached hydrogen (secondary N) is 1. The number of carbonyl (C=O) groups excluding carboxylic acids is 1. The van der Waals surface area contributed by atoms with Crippen molar-refractivity contribution in [3.8, 4) is 0 Å². The molecule has 0 radical (unpaired) electrons. The van der Waals surface area contributed by atoms with Crippen molar-refractivity contribution >= 4 is 11.9 Å². The summed E-state index contributed by atoms with van der Waals surface area (Å²) in [7, 11) is 0. The van der Waals surface area contributed by atoms with E-state index in [1.54, 1.807) is 0 Å². The maximum absolute atomic E-state index is 11.7. The number of nitrogens with two attached hydrogens (primary N) is 1. The predicted molar refractivity (Wildman–Crippen MR) is 61.9 cm³/mol. The van der Waals surface area contributed by atoms with Crippen LogP contribution in [0.5, 0.6) is 0 Å². The fourth-order valence-electron chi connectivity index (χ4n) is 1.19. The molecule has 0 rings (SSSR count). The summed E-state index contributed by atoms with van der Waals surface area (Å²) in [6, 6.07) is -0.978. The molecule has 0 aromatic rings. The van der Waals surface area contributed by atoms with E-state index < -0.39 is 12.0 Å². The summed E-state index contributed by atoms with van der Waals surface area (Å²) in [5, 5.41) is 11.3. The highest BCUT2D eigenvalue weighted by Crippen LogP contribution is 2.17. The van der Waals surface area contributed by atoms with E-state index in [9.17, 15) is 9.59 Å². The van der Waals surface area contributed by atoms with Gasteiger partial charge in [0.25, 0.3) is 0 Å². The minimum atomic E-state index is -0.920. The molecule has 0 saturated carbocycles. The van der Waals surface area contributed by atoms with Gasteiger partial charge in [0.1, 0.15) is 0 Å². The molecule has 0 bridgehead atoms.